The Labute approximate surface area is 284 Å². The van der Waals surface area contributed by atoms with E-state index in [0.29, 0.717) is 67.1 Å². The number of ketones is 1. The van der Waals surface area contributed by atoms with Crippen LogP contribution in [0.1, 0.15) is 56.2 Å². The van der Waals surface area contributed by atoms with Crippen molar-refractivity contribution in [2.45, 2.75) is 58.2 Å². The third-order valence-corrected chi connectivity index (χ3v) is 8.28. The Morgan fingerprint density at radius 3 is 2.55 bits per heavy atom. The summed E-state index contributed by atoms with van der Waals surface area (Å²) < 4.78 is 16.5. The summed E-state index contributed by atoms with van der Waals surface area (Å²) in [6, 6.07) is 6.00. The molecule has 2 saturated heterocycles. The highest BCUT2D eigenvalue weighted by atomic mass is 16.6. The van der Waals surface area contributed by atoms with Crippen molar-refractivity contribution in [3.63, 3.8) is 0 Å². The van der Waals surface area contributed by atoms with E-state index in [2.05, 4.69) is 25.5 Å². The molecule has 2 aliphatic heterocycles. The molecular formula is C34H43N7O8. The van der Waals surface area contributed by atoms with Crippen molar-refractivity contribution in [1.29, 1.82) is 0 Å². The minimum Gasteiger partial charge on any atom is -0.494 e. The van der Waals surface area contributed by atoms with E-state index in [1.165, 1.54) is 23.7 Å². The maximum absolute atomic E-state index is 13.2. The first-order chi connectivity index (χ1) is 23.5. The smallest absolute Gasteiger partial charge is 0.410 e. The van der Waals surface area contributed by atoms with Crippen LogP contribution in [0.2, 0.25) is 0 Å². The standard InChI is InChI=1S/C34H43N7O8/c1-34(2,3)49-33(46)40-15-13-39(14-16-40)11-5-17-47-23-7-8-27-26(18-23)25(9-10-36-27)31(44)38-21-29(42)41-12-4-6-28(41)30(43)32(45)37-20-24-19-35-22-48-24/h7-10,18-19,22,28H,4-6,11-17,20-21H2,1-3H3,(H,37,45)(H,38,44)/t28-/m0/s1. The number of pyridine rings is 1. The van der Waals surface area contributed by atoms with Gasteiger partial charge in [-0.2, -0.15) is 0 Å². The minimum atomic E-state index is -0.901. The van der Waals surface area contributed by atoms with Crippen molar-refractivity contribution in [1.82, 2.24) is 35.3 Å². The SMILES string of the molecule is CC(C)(C)OC(=O)N1CCN(CCCOc2ccc3nccc(C(=O)NCC(=O)N4CCC[C@H]4C(=O)C(=O)NCc4cnco4)c3c2)CC1. The first kappa shape index (κ1) is 35.3. The summed E-state index contributed by atoms with van der Waals surface area (Å²) >= 11 is 0. The average Bonchev–Trinajstić information content (AvgIpc) is 3.80. The normalized spacial score (nSPS) is 16.8. The van der Waals surface area contributed by atoms with E-state index in [-0.39, 0.29) is 19.2 Å². The zero-order valence-electron chi connectivity index (χ0n) is 28.1. The van der Waals surface area contributed by atoms with Gasteiger partial charge in [0.25, 0.3) is 11.8 Å². The molecule has 0 spiro atoms. The molecule has 15 nitrogen and oxygen atoms in total. The number of ether oxygens (including phenoxy) is 2. The number of likely N-dealkylation sites (tertiary alicyclic amines) is 1. The molecule has 4 heterocycles. The van der Waals surface area contributed by atoms with Gasteiger partial charge in [0.15, 0.2) is 6.39 Å². The fourth-order valence-electron chi connectivity index (χ4n) is 5.80. The number of hydrogen-bond acceptors (Lipinski definition) is 11. The zero-order chi connectivity index (χ0) is 35.0. The molecule has 3 aromatic rings. The van der Waals surface area contributed by atoms with Crippen LogP contribution in [0.25, 0.3) is 10.9 Å². The molecule has 0 aliphatic carbocycles. The van der Waals surface area contributed by atoms with Crippen LogP contribution in [0.3, 0.4) is 0 Å². The summed E-state index contributed by atoms with van der Waals surface area (Å²) in [5, 5.41) is 5.72. The predicted octanol–water partition coefficient (Wildman–Crippen LogP) is 2.15. The summed E-state index contributed by atoms with van der Waals surface area (Å²) in [7, 11) is 0. The van der Waals surface area contributed by atoms with E-state index in [1.807, 2.05) is 20.8 Å². The van der Waals surface area contributed by atoms with Crippen molar-refractivity contribution in [3.05, 3.63) is 54.4 Å². The third-order valence-electron chi connectivity index (χ3n) is 8.28. The molecule has 0 bridgehead atoms. The largest absolute Gasteiger partial charge is 0.494 e. The number of Topliss-reactive ketones (excluding diaryl/α,β-unsaturated/α-hetero) is 1. The van der Waals surface area contributed by atoms with Gasteiger partial charge in [-0.25, -0.2) is 9.78 Å². The van der Waals surface area contributed by atoms with E-state index < -0.39 is 35.1 Å². The number of amides is 4. The predicted molar refractivity (Wildman–Crippen MR) is 177 cm³/mol. The quantitative estimate of drug-likeness (QED) is 0.212. The average molecular weight is 678 g/mol. The fourth-order valence-corrected chi connectivity index (χ4v) is 5.80. The highest BCUT2D eigenvalue weighted by Crippen LogP contribution is 2.23. The number of benzene rings is 1. The van der Waals surface area contributed by atoms with Gasteiger partial charge >= 0.3 is 6.09 Å². The van der Waals surface area contributed by atoms with E-state index in [9.17, 15) is 24.0 Å². The van der Waals surface area contributed by atoms with E-state index in [0.717, 1.165) is 26.1 Å². The molecule has 4 amide bonds. The Bertz CT molecular complexity index is 1650. The fraction of sp³-hybridized carbons (Fsp3) is 0.500. The first-order valence-electron chi connectivity index (χ1n) is 16.5. The summed E-state index contributed by atoms with van der Waals surface area (Å²) in [5.41, 5.74) is 0.402. The summed E-state index contributed by atoms with van der Waals surface area (Å²) in [4.78, 5) is 77.4. The molecule has 0 saturated carbocycles. The van der Waals surface area contributed by atoms with Crippen LogP contribution in [0.5, 0.6) is 5.75 Å². The monoisotopic (exact) mass is 677 g/mol. The van der Waals surface area contributed by atoms with Crippen molar-refractivity contribution in [2.75, 3.05) is 52.4 Å². The highest BCUT2D eigenvalue weighted by Gasteiger charge is 2.37. The van der Waals surface area contributed by atoms with Gasteiger partial charge in [0, 0.05) is 50.9 Å². The Morgan fingerprint density at radius 1 is 1.02 bits per heavy atom. The highest BCUT2D eigenvalue weighted by molar-refractivity contribution is 6.38. The second kappa shape index (κ2) is 15.9. The minimum absolute atomic E-state index is 0.00419. The van der Waals surface area contributed by atoms with Crippen molar-refractivity contribution in [3.8, 4) is 5.75 Å². The molecule has 2 aromatic heterocycles. The van der Waals surface area contributed by atoms with Gasteiger partial charge in [0.05, 0.1) is 37.0 Å². The molecule has 2 fully saturated rings. The Balaban J connectivity index is 1.09. The van der Waals surface area contributed by atoms with E-state index in [1.54, 1.807) is 29.2 Å². The van der Waals surface area contributed by atoms with Crippen molar-refractivity contribution < 1.29 is 37.9 Å². The molecule has 1 atom stereocenters. The maximum Gasteiger partial charge on any atom is 0.410 e. The molecule has 2 aliphatic rings. The number of fused-ring (bicyclic) bond motifs is 1. The van der Waals surface area contributed by atoms with E-state index in [4.69, 9.17) is 13.9 Å². The number of hydrogen-bond donors (Lipinski definition) is 2. The lowest BCUT2D eigenvalue weighted by molar-refractivity contribution is -0.144. The summed E-state index contributed by atoms with van der Waals surface area (Å²) in [5.74, 6) is -1.49. The number of carbonyl (C=O) groups is 5. The zero-order valence-corrected chi connectivity index (χ0v) is 28.1. The number of aromatic nitrogens is 2. The van der Waals surface area contributed by atoms with Gasteiger partial charge in [0.2, 0.25) is 11.7 Å². The Hall–Kier alpha value is -5.05. The number of rotatable bonds is 12. The first-order valence-corrected chi connectivity index (χ1v) is 16.5. The van der Waals surface area contributed by atoms with Crippen LogP contribution in [0.15, 0.2) is 47.5 Å². The Morgan fingerprint density at radius 2 is 1.82 bits per heavy atom. The molecule has 49 heavy (non-hydrogen) atoms. The lowest BCUT2D eigenvalue weighted by Crippen LogP contribution is -2.50. The van der Waals surface area contributed by atoms with Crippen molar-refractivity contribution >= 4 is 40.5 Å². The van der Waals surface area contributed by atoms with Gasteiger partial charge in [-0.3, -0.25) is 29.1 Å². The maximum atomic E-state index is 13.2. The molecule has 1 aromatic carbocycles. The second-order valence-electron chi connectivity index (χ2n) is 13.0. The number of oxazole rings is 1. The van der Waals surface area contributed by atoms with Gasteiger partial charge in [0.1, 0.15) is 23.2 Å². The number of carbonyl (C=O) groups excluding carboxylic acids is 5. The van der Waals surface area contributed by atoms with Crippen LogP contribution < -0.4 is 15.4 Å². The van der Waals surface area contributed by atoms with E-state index >= 15 is 0 Å². The topological polar surface area (TPSA) is 177 Å². The van der Waals surface area contributed by atoms with Gasteiger partial charge in [-0.05, 0) is 64.3 Å². The lowest BCUT2D eigenvalue weighted by atomic mass is 10.1. The number of nitrogens with one attached hydrogen (secondary N) is 2. The van der Waals surface area contributed by atoms with Crippen LogP contribution in [-0.2, 0) is 25.7 Å². The van der Waals surface area contributed by atoms with Crippen LogP contribution in [0, 0.1) is 0 Å². The number of piperazine rings is 1. The molecule has 15 heteroatoms. The molecule has 262 valence electrons. The number of nitrogens with zero attached hydrogens (tertiary/aromatic N) is 5. The van der Waals surface area contributed by atoms with Crippen LogP contribution in [0.4, 0.5) is 4.79 Å². The molecular weight excluding hydrogens is 634 g/mol. The van der Waals surface area contributed by atoms with Crippen molar-refractivity contribution in [2.24, 2.45) is 0 Å². The molecule has 0 unspecified atom stereocenters. The van der Waals surface area contributed by atoms with Gasteiger partial charge in [-0.1, -0.05) is 0 Å². The van der Waals surface area contributed by atoms with Gasteiger partial charge in [-0.15, -0.1) is 0 Å². The summed E-state index contributed by atoms with van der Waals surface area (Å²) in [6.45, 7) is 9.57. The third kappa shape index (κ3) is 9.53. The Kier molecular flexibility index (Phi) is 11.4. The van der Waals surface area contributed by atoms with Crippen LogP contribution >= 0.6 is 0 Å². The molecule has 0 radical (unpaired) electrons. The second-order valence-corrected chi connectivity index (χ2v) is 13.0. The molecule has 2 N–H and O–H groups in total. The van der Waals surface area contributed by atoms with Gasteiger partial charge < -0.3 is 34.3 Å². The molecule has 5 rings (SSSR count). The lowest BCUT2D eigenvalue weighted by Gasteiger charge is -2.35. The summed E-state index contributed by atoms with van der Waals surface area (Å²) in [6.07, 6.45) is 5.59. The van der Waals surface area contributed by atoms with Crippen LogP contribution in [-0.4, -0.2) is 118 Å².